The molecule has 98 valence electrons. The predicted octanol–water partition coefficient (Wildman–Crippen LogP) is 5.43. The largest absolute Gasteiger partial charge is 0.294 e. The Hall–Kier alpha value is -0.710. The highest BCUT2D eigenvalue weighted by Gasteiger charge is 2.14. The van der Waals surface area contributed by atoms with Crippen LogP contribution in [0.15, 0.2) is 45.3 Å². The zero-order valence-corrected chi connectivity index (χ0v) is 13.5. The molecule has 2 aromatic carbocycles. The zero-order chi connectivity index (χ0) is 14.0. The number of hydrogen-bond acceptors (Lipinski definition) is 1. The predicted molar refractivity (Wildman–Crippen MR) is 81.3 cm³/mol. The fraction of sp³-hybridized carbons (Fsp3) is 0.0714. The van der Waals surface area contributed by atoms with Crippen LogP contribution in [-0.2, 0) is 6.42 Å². The van der Waals surface area contributed by atoms with Crippen molar-refractivity contribution >= 4 is 49.2 Å². The van der Waals surface area contributed by atoms with E-state index >= 15 is 0 Å². The summed E-state index contributed by atoms with van der Waals surface area (Å²) >= 11 is 12.6. The number of rotatable bonds is 3. The first-order chi connectivity index (χ1) is 8.97. The lowest BCUT2D eigenvalue weighted by atomic mass is 10.0. The SMILES string of the molecule is O=C(Cc1ccc(Br)cc1Cl)c1cc(Br)ccc1F. The number of halogens is 4. The van der Waals surface area contributed by atoms with E-state index in [0.29, 0.717) is 15.1 Å². The van der Waals surface area contributed by atoms with Gasteiger partial charge in [-0.05, 0) is 35.9 Å². The molecule has 5 heteroatoms. The summed E-state index contributed by atoms with van der Waals surface area (Å²) < 4.78 is 15.1. The molecule has 0 aliphatic carbocycles. The van der Waals surface area contributed by atoms with Crippen LogP contribution < -0.4 is 0 Å². The van der Waals surface area contributed by atoms with Crippen molar-refractivity contribution in [2.24, 2.45) is 0 Å². The molecule has 1 nitrogen and oxygen atoms in total. The molecule has 19 heavy (non-hydrogen) atoms. The molecule has 0 aliphatic rings. The highest BCUT2D eigenvalue weighted by molar-refractivity contribution is 9.10. The quantitative estimate of drug-likeness (QED) is 0.621. The first-order valence-electron chi connectivity index (χ1n) is 5.39. The summed E-state index contributed by atoms with van der Waals surface area (Å²) in [6.07, 6.45) is 0.0689. The summed E-state index contributed by atoms with van der Waals surface area (Å²) in [5.41, 5.74) is 0.739. The van der Waals surface area contributed by atoms with Gasteiger partial charge < -0.3 is 0 Å². The Balaban J connectivity index is 2.28. The van der Waals surface area contributed by atoms with Crippen molar-refractivity contribution < 1.29 is 9.18 Å². The second-order valence-corrected chi connectivity index (χ2v) is 6.20. The van der Waals surface area contributed by atoms with Gasteiger partial charge in [-0.3, -0.25) is 4.79 Å². The van der Waals surface area contributed by atoms with Crippen LogP contribution in [0.2, 0.25) is 5.02 Å². The van der Waals surface area contributed by atoms with Gasteiger partial charge in [0, 0.05) is 20.4 Å². The first kappa shape index (κ1) is 14.7. The van der Waals surface area contributed by atoms with Crippen LogP contribution in [0, 0.1) is 5.82 Å². The van der Waals surface area contributed by atoms with Gasteiger partial charge in [0.1, 0.15) is 5.82 Å². The van der Waals surface area contributed by atoms with E-state index in [0.717, 1.165) is 4.47 Å². The zero-order valence-electron chi connectivity index (χ0n) is 9.59. The van der Waals surface area contributed by atoms with E-state index in [9.17, 15) is 9.18 Å². The van der Waals surface area contributed by atoms with Gasteiger partial charge in [-0.15, -0.1) is 0 Å². The summed E-state index contributed by atoms with van der Waals surface area (Å²) in [5, 5.41) is 0.484. The van der Waals surface area contributed by atoms with Gasteiger partial charge in [0.2, 0.25) is 0 Å². The molecule has 2 aromatic rings. The fourth-order valence-electron chi connectivity index (χ4n) is 1.64. The van der Waals surface area contributed by atoms with Gasteiger partial charge in [0.15, 0.2) is 5.78 Å². The highest BCUT2D eigenvalue weighted by Crippen LogP contribution is 2.24. The molecular weight excluding hydrogens is 398 g/mol. The molecule has 0 saturated carbocycles. The third-order valence-electron chi connectivity index (χ3n) is 2.59. The summed E-state index contributed by atoms with van der Waals surface area (Å²) in [6.45, 7) is 0. The van der Waals surface area contributed by atoms with E-state index < -0.39 is 5.82 Å². The Morgan fingerprint density at radius 3 is 2.42 bits per heavy atom. The molecule has 0 radical (unpaired) electrons. The number of Topliss-reactive ketones (excluding diaryl/α,β-unsaturated/α-hetero) is 1. The Morgan fingerprint density at radius 1 is 1.11 bits per heavy atom. The molecule has 0 aromatic heterocycles. The topological polar surface area (TPSA) is 17.1 Å². The van der Waals surface area contributed by atoms with Gasteiger partial charge in [-0.1, -0.05) is 49.5 Å². The molecule has 0 N–H and O–H groups in total. The number of carbonyl (C=O) groups is 1. The number of ketones is 1. The lowest BCUT2D eigenvalue weighted by Crippen LogP contribution is -2.06. The van der Waals surface area contributed by atoms with Crippen LogP contribution in [0.4, 0.5) is 4.39 Å². The minimum Gasteiger partial charge on any atom is -0.294 e. The average molecular weight is 406 g/mol. The smallest absolute Gasteiger partial charge is 0.170 e. The maximum absolute atomic E-state index is 13.6. The maximum Gasteiger partial charge on any atom is 0.170 e. The minimum absolute atomic E-state index is 0.0633. The summed E-state index contributed by atoms with van der Waals surface area (Å²) in [5.74, 6) is -0.829. The lowest BCUT2D eigenvalue weighted by Gasteiger charge is -2.06. The number of benzene rings is 2. The average Bonchev–Trinajstić information content (AvgIpc) is 2.35. The molecule has 2 rings (SSSR count). The molecule has 0 saturated heterocycles. The van der Waals surface area contributed by atoms with Crippen LogP contribution in [0.1, 0.15) is 15.9 Å². The van der Waals surface area contributed by atoms with Crippen molar-refractivity contribution in [3.63, 3.8) is 0 Å². The summed E-state index contributed by atoms with van der Waals surface area (Å²) in [4.78, 5) is 12.1. The highest BCUT2D eigenvalue weighted by atomic mass is 79.9. The van der Waals surface area contributed by atoms with Crippen LogP contribution in [0.25, 0.3) is 0 Å². The van der Waals surface area contributed by atoms with Crippen molar-refractivity contribution in [1.82, 2.24) is 0 Å². The fourth-order valence-corrected chi connectivity index (χ4v) is 2.75. The van der Waals surface area contributed by atoms with E-state index in [1.54, 1.807) is 24.3 Å². The molecular formula is C14H8Br2ClFO. The monoisotopic (exact) mass is 404 g/mol. The van der Waals surface area contributed by atoms with E-state index in [1.807, 2.05) is 0 Å². The molecule has 0 spiro atoms. The van der Waals surface area contributed by atoms with E-state index in [1.165, 1.54) is 12.1 Å². The molecule has 0 bridgehead atoms. The van der Waals surface area contributed by atoms with Crippen LogP contribution in [0.3, 0.4) is 0 Å². The van der Waals surface area contributed by atoms with Gasteiger partial charge in [0.25, 0.3) is 0 Å². The first-order valence-corrected chi connectivity index (χ1v) is 7.36. The molecule has 0 unspecified atom stereocenters. The number of hydrogen-bond donors (Lipinski definition) is 0. The normalized spacial score (nSPS) is 10.5. The number of carbonyl (C=O) groups excluding carboxylic acids is 1. The van der Waals surface area contributed by atoms with E-state index in [2.05, 4.69) is 31.9 Å². The van der Waals surface area contributed by atoms with E-state index in [-0.39, 0.29) is 17.8 Å². The van der Waals surface area contributed by atoms with Crippen molar-refractivity contribution in [1.29, 1.82) is 0 Å². The van der Waals surface area contributed by atoms with Crippen molar-refractivity contribution in [3.8, 4) is 0 Å². The van der Waals surface area contributed by atoms with Crippen molar-refractivity contribution in [2.75, 3.05) is 0 Å². The maximum atomic E-state index is 13.6. The molecule has 0 amide bonds. The van der Waals surface area contributed by atoms with Crippen LogP contribution >= 0.6 is 43.5 Å². The van der Waals surface area contributed by atoms with Gasteiger partial charge in [-0.2, -0.15) is 0 Å². The Bertz CT molecular complexity index is 643. The van der Waals surface area contributed by atoms with Crippen LogP contribution in [-0.4, -0.2) is 5.78 Å². The summed E-state index contributed by atoms with van der Waals surface area (Å²) in [7, 11) is 0. The Morgan fingerprint density at radius 2 is 1.74 bits per heavy atom. The van der Waals surface area contributed by atoms with Gasteiger partial charge in [-0.25, -0.2) is 4.39 Å². The summed E-state index contributed by atoms with van der Waals surface area (Å²) in [6, 6.07) is 9.55. The lowest BCUT2D eigenvalue weighted by molar-refractivity contribution is 0.0989. The third kappa shape index (κ3) is 3.65. The second-order valence-electron chi connectivity index (χ2n) is 3.96. The standard InChI is InChI=1S/C14H8Br2ClFO/c15-9-3-4-13(18)11(6-9)14(19)5-8-1-2-10(16)7-12(8)17/h1-4,6-7H,5H2. The van der Waals surface area contributed by atoms with E-state index in [4.69, 9.17) is 11.6 Å². The second kappa shape index (κ2) is 6.16. The van der Waals surface area contributed by atoms with Crippen LogP contribution in [0.5, 0.6) is 0 Å². The van der Waals surface area contributed by atoms with Crippen molar-refractivity contribution in [2.45, 2.75) is 6.42 Å². The molecule has 0 aliphatic heterocycles. The third-order valence-corrected chi connectivity index (χ3v) is 3.93. The Kier molecular flexibility index (Phi) is 4.76. The van der Waals surface area contributed by atoms with Crippen molar-refractivity contribution in [3.05, 3.63) is 67.3 Å². The van der Waals surface area contributed by atoms with Gasteiger partial charge >= 0.3 is 0 Å². The minimum atomic E-state index is -0.526. The molecule has 0 heterocycles. The molecule has 0 atom stereocenters. The van der Waals surface area contributed by atoms with Gasteiger partial charge in [0.05, 0.1) is 5.56 Å². The molecule has 0 fully saturated rings. The Labute approximate surface area is 132 Å².